The molecule has 0 saturated heterocycles. The zero-order chi connectivity index (χ0) is 14.9. The van der Waals surface area contributed by atoms with Crippen molar-refractivity contribution in [3.8, 4) is 11.5 Å². The molecule has 0 fully saturated rings. The molecule has 5 heteroatoms. The zero-order valence-electron chi connectivity index (χ0n) is 10.9. The number of fused-ring (bicyclic) bond motifs is 1. The highest BCUT2D eigenvalue weighted by atomic mass is 35.7. The van der Waals surface area contributed by atoms with Gasteiger partial charge in [0, 0.05) is 10.7 Å². The molecule has 0 aliphatic rings. The van der Waals surface area contributed by atoms with Crippen molar-refractivity contribution in [3.63, 3.8) is 0 Å². The third kappa shape index (κ3) is 3.01. The Bertz CT molecular complexity index is 904. The molecule has 0 aromatic heterocycles. The zero-order valence-corrected chi connectivity index (χ0v) is 12.4. The smallest absolute Gasteiger partial charge is 0.265 e. The Balaban J connectivity index is 2.03. The topological polar surface area (TPSA) is 43.4 Å². The fourth-order valence-electron chi connectivity index (χ4n) is 2.09. The molecule has 3 rings (SSSR count). The van der Waals surface area contributed by atoms with Gasteiger partial charge >= 0.3 is 0 Å². The number of rotatable bonds is 3. The van der Waals surface area contributed by atoms with Gasteiger partial charge in [0.05, 0.1) is 0 Å². The van der Waals surface area contributed by atoms with Crippen molar-refractivity contribution in [2.75, 3.05) is 0 Å². The van der Waals surface area contributed by atoms with E-state index in [1.165, 1.54) is 6.07 Å². The second-order valence-electron chi connectivity index (χ2n) is 4.50. The van der Waals surface area contributed by atoms with Crippen LogP contribution >= 0.6 is 10.7 Å². The summed E-state index contributed by atoms with van der Waals surface area (Å²) in [6.07, 6.45) is 0. The van der Waals surface area contributed by atoms with E-state index in [0.717, 1.165) is 10.8 Å². The quantitative estimate of drug-likeness (QED) is 0.665. The van der Waals surface area contributed by atoms with Crippen molar-refractivity contribution in [1.82, 2.24) is 0 Å². The summed E-state index contributed by atoms with van der Waals surface area (Å²) in [7, 11) is 1.57. The average Bonchev–Trinajstić information content (AvgIpc) is 2.46. The fourth-order valence-corrected chi connectivity index (χ4v) is 3.07. The van der Waals surface area contributed by atoms with Gasteiger partial charge in [-0.1, -0.05) is 42.5 Å². The lowest BCUT2D eigenvalue weighted by atomic mass is 10.1. The molecule has 0 unspecified atom stereocenters. The van der Waals surface area contributed by atoms with Gasteiger partial charge in [0.2, 0.25) is 0 Å². The molecular formula is C16H11ClO3S. The maximum Gasteiger partial charge on any atom is 0.265 e. The Labute approximate surface area is 127 Å². The Morgan fingerprint density at radius 2 is 1.48 bits per heavy atom. The normalized spacial score (nSPS) is 11.5. The van der Waals surface area contributed by atoms with Crippen LogP contribution in [0.15, 0.2) is 71.6 Å². The van der Waals surface area contributed by atoms with Crippen molar-refractivity contribution in [3.05, 3.63) is 66.7 Å². The first-order chi connectivity index (χ1) is 10.0. The molecule has 3 nitrogen and oxygen atoms in total. The molecule has 3 aromatic rings. The minimum Gasteiger partial charge on any atom is -0.456 e. The van der Waals surface area contributed by atoms with Crippen LogP contribution in [0.1, 0.15) is 0 Å². The monoisotopic (exact) mass is 318 g/mol. The lowest BCUT2D eigenvalue weighted by molar-refractivity contribution is 0.469. The van der Waals surface area contributed by atoms with Crippen molar-refractivity contribution in [2.24, 2.45) is 0 Å². The second kappa shape index (κ2) is 5.39. The maximum atomic E-state index is 11.5. The number of halogens is 1. The highest BCUT2D eigenvalue weighted by Gasteiger charge is 2.16. The summed E-state index contributed by atoms with van der Waals surface area (Å²) in [4.78, 5) is -0.0418. The Morgan fingerprint density at radius 3 is 2.24 bits per heavy atom. The van der Waals surface area contributed by atoms with Crippen molar-refractivity contribution >= 4 is 30.5 Å². The van der Waals surface area contributed by atoms with Crippen LogP contribution in [0.5, 0.6) is 11.5 Å². The summed E-state index contributed by atoms with van der Waals surface area (Å²) in [5.41, 5.74) is 0. The maximum absolute atomic E-state index is 11.5. The summed E-state index contributed by atoms with van der Waals surface area (Å²) in [5, 5.41) is 2.10. The largest absolute Gasteiger partial charge is 0.456 e. The molecule has 0 N–H and O–H groups in total. The Kier molecular flexibility index (Phi) is 3.57. The molecule has 0 spiro atoms. The number of ether oxygens (including phenoxy) is 1. The summed E-state index contributed by atoms with van der Waals surface area (Å²) >= 11 is 0. The molecule has 0 amide bonds. The van der Waals surface area contributed by atoms with Gasteiger partial charge in [-0.05, 0) is 35.0 Å². The number of hydrogen-bond acceptors (Lipinski definition) is 3. The van der Waals surface area contributed by atoms with Crippen molar-refractivity contribution < 1.29 is 13.2 Å². The number of para-hydroxylation sites is 1. The lowest BCUT2D eigenvalue weighted by Crippen LogP contribution is -1.95. The highest BCUT2D eigenvalue weighted by molar-refractivity contribution is 8.13. The van der Waals surface area contributed by atoms with Crippen LogP contribution in [-0.4, -0.2) is 8.42 Å². The van der Waals surface area contributed by atoms with Gasteiger partial charge in [-0.2, -0.15) is 0 Å². The molecule has 0 radical (unpaired) electrons. The third-order valence-corrected chi connectivity index (χ3v) is 4.42. The van der Waals surface area contributed by atoms with Gasteiger partial charge in [0.15, 0.2) is 0 Å². The molecule has 3 aromatic carbocycles. The predicted molar refractivity (Wildman–Crippen MR) is 83.5 cm³/mol. The van der Waals surface area contributed by atoms with Gasteiger partial charge in [-0.3, -0.25) is 0 Å². The summed E-state index contributed by atoms with van der Waals surface area (Å²) < 4.78 is 28.8. The Morgan fingerprint density at radius 1 is 0.810 bits per heavy atom. The summed E-state index contributed by atoms with van der Waals surface area (Å²) in [5.74, 6) is 0.768. The minimum atomic E-state index is -3.85. The van der Waals surface area contributed by atoms with E-state index in [2.05, 4.69) is 0 Å². The number of hydrogen-bond donors (Lipinski definition) is 0. The summed E-state index contributed by atoms with van der Waals surface area (Å²) in [6, 6.07) is 19.7. The van der Waals surface area contributed by atoms with E-state index in [1.807, 2.05) is 36.4 Å². The predicted octanol–water partition coefficient (Wildman–Crippen LogP) is 4.56. The number of benzene rings is 3. The van der Waals surface area contributed by atoms with Crippen molar-refractivity contribution in [1.29, 1.82) is 0 Å². The third-order valence-electron chi connectivity index (χ3n) is 3.06. The molecule has 21 heavy (non-hydrogen) atoms. The highest BCUT2D eigenvalue weighted by Crippen LogP contribution is 2.31. The van der Waals surface area contributed by atoms with Crippen LogP contribution in [0.4, 0.5) is 0 Å². The second-order valence-corrected chi connectivity index (χ2v) is 7.03. The van der Waals surface area contributed by atoms with E-state index >= 15 is 0 Å². The van der Waals surface area contributed by atoms with Crippen LogP contribution in [-0.2, 0) is 9.05 Å². The molecule has 0 aliphatic carbocycles. The molecular weight excluding hydrogens is 308 g/mol. The van der Waals surface area contributed by atoms with Gasteiger partial charge in [0.25, 0.3) is 9.05 Å². The average molecular weight is 319 g/mol. The molecule has 0 atom stereocenters. The van der Waals surface area contributed by atoms with Crippen LogP contribution in [0, 0.1) is 0 Å². The first kappa shape index (κ1) is 13.9. The molecule has 0 aliphatic heterocycles. The fraction of sp³-hybridized carbons (Fsp3) is 0. The molecule has 0 bridgehead atoms. The summed E-state index contributed by atoms with van der Waals surface area (Å²) in [6.45, 7) is 0. The van der Waals surface area contributed by atoms with Gasteiger partial charge < -0.3 is 4.74 Å². The van der Waals surface area contributed by atoms with Crippen LogP contribution < -0.4 is 4.74 Å². The van der Waals surface area contributed by atoms with E-state index in [-0.39, 0.29) is 10.6 Å². The van der Waals surface area contributed by atoms with Gasteiger partial charge in [-0.15, -0.1) is 0 Å². The minimum absolute atomic E-state index is 0.0418. The van der Waals surface area contributed by atoms with Crippen molar-refractivity contribution in [2.45, 2.75) is 4.90 Å². The first-order valence-corrected chi connectivity index (χ1v) is 8.55. The molecule has 0 heterocycles. The van der Waals surface area contributed by atoms with Crippen LogP contribution in [0.3, 0.4) is 0 Å². The van der Waals surface area contributed by atoms with Crippen LogP contribution in [0.25, 0.3) is 10.8 Å². The first-order valence-electron chi connectivity index (χ1n) is 6.24. The van der Waals surface area contributed by atoms with E-state index in [1.54, 1.807) is 24.3 Å². The standard InChI is InChI=1S/C16H11ClO3S/c17-21(18,19)16-8-4-3-7-15(16)20-14-10-9-12-5-1-2-6-13(12)11-14/h1-11H. The van der Waals surface area contributed by atoms with Crippen LogP contribution in [0.2, 0.25) is 0 Å². The van der Waals surface area contributed by atoms with E-state index in [0.29, 0.717) is 5.75 Å². The molecule has 106 valence electrons. The molecule has 0 saturated carbocycles. The lowest BCUT2D eigenvalue weighted by Gasteiger charge is -2.09. The van der Waals surface area contributed by atoms with Gasteiger partial charge in [-0.25, -0.2) is 8.42 Å². The Hall–Kier alpha value is -2.04. The van der Waals surface area contributed by atoms with E-state index in [4.69, 9.17) is 15.4 Å². The van der Waals surface area contributed by atoms with Gasteiger partial charge in [0.1, 0.15) is 16.4 Å². The van der Waals surface area contributed by atoms with E-state index < -0.39 is 9.05 Å². The SMILES string of the molecule is O=S(=O)(Cl)c1ccccc1Oc1ccc2ccccc2c1. The van der Waals surface area contributed by atoms with E-state index in [9.17, 15) is 8.42 Å².